The van der Waals surface area contributed by atoms with E-state index in [1.54, 1.807) is 12.3 Å². The van der Waals surface area contributed by atoms with Crippen LogP contribution in [0.5, 0.6) is 0 Å². The molecule has 3 aromatic heterocycles. The maximum Gasteiger partial charge on any atom is 0.230 e. The number of rotatable bonds is 5. The molecule has 0 aromatic carbocycles. The molecule has 0 fully saturated rings. The van der Waals surface area contributed by atoms with E-state index >= 15 is 0 Å². The van der Waals surface area contributed by atoms with Crippen molar-refractivity contribution in [3.63, 3.8) is 0 Å². The van der Waals surface area contributed by atoms with Crippen LogP contribution in [0.4, 0.5) is 17.6 Å². The molecule has 3 rings (SSSR count). The molecule has 0 aliphatic carbocycles. The minimum Gasteiger partial charge on any atom is -0.364 e. The van der Waals surface area contributed by atoms with Crippen molar-refractivity contribution in [3.05, 3.63) is 53.7 Å². The molecule has 0 spiro atoms. The van der Waals surface area contributed by atoms with Gasteiger partial charge in [-0.1, -0.05) is 11.2 Å². The van der Waals surface area contributed by atoms with Crippen LogP contribution in [0.3, 0.4) is 0 Å². The van der Waals surface area contributed by atoms with E-state index < -0.39 is 0 Å². The zero-order chi connectivity index (χ0) is 15.4. The van der Waals surface area contributed by atoms with Crippen molar-refractivity contribution in [3.8, 4) is 0 Å². The van der Waals surface area contributed by atoms with E-state index in [2.05, 4.69) is 30.7 Å². The Morgan fingerprint density at radius 3 is 2.73 bits per heavy atom. The smallest absolute Gasteiger partial charge is 0.230 e. The monoisotopic (exact) mass is 296 g/mol. The molecule has 0 saturated heterocycles. The Balaban J connectivity index is 1.72. The molecule has 0 aliphatic rings. The summed E-state index contributed by atoms with van der Waals surface area (Å²) in [6.07, 6.45) is 1.77. The number of pyridine rings is 1. The second kappa shape index (κ2) is 6.21. The molecule has 3 aromatic rings. The van der Waals surface area contributed by atoms with Crippen LogP contribution < -0.4 is 10.6 Å². The molecule has 112 valence electrons. The van der Waals surface area contributed by atoms with Crippen LogP contribution in [0, 0.1) is 13.8 Å². The van der Waals surface area contributed by atoms with Gasteiger partial charge in [0.1, 0.15) is 11.6 Å². The van der Waals surface area contributed by atoms with Crippen molar-refractivity contribution in [2.24, 2.45) is 0 Å². The first kappa shape index (κ1) is 14.0. The molecular formula is C15H16N6O. The summed E-state index contributed by atoms with van der Waals surface area (Å²) in [5, 5.41) is 10.1. The minimum atomic E-state index is 0.469. The van der Waals surface area contributed by atoms with Gasteiger partial charge in [-0.05, 0) is 26.0 Å². The van der Waals surface area contributed by atoms with Crippen LogP contribution in [0.2, 0.25) is 0 Å². The number of hydrogen-bond acceptors (Lipinski definition) is 7. The van der Waals surface area contributed by atoms with E-state index in [1.165, 1.54) is 0 Å². The molecule has 2 N–H and O–H groups in total. The van der Waals surface area contributed by atoms with Crippen molar-refractivity contribution in [1.29, 1.82) is 0 Å². The number of nitrogens with zero attached hydrogens (tertiary/aromatic N) is 4. The van der Waals surface area contributed by atoms with Gasteiger partial charge in [0.15, 0.2) is 5.82 Å². The fourth-order valence-electron chi connectivity index (χ4n) is 1.94. The molecule has 0 radical (unpaired) electrons. The van der Waals surface area contributed by atoms with Crippen molar-refractivity contribution < 1.29 is 4.52 Å². The number of nitrogens with one attached hydrogen (secondary N) is 2. The third-order valence-corrected chi connectivity index (χ3v) is 2.90. The summed E-state index contributed by atoms with van der Waals surface area (Å²) >= 11 is 0. The molecule has 0 unspecified atom stereocenters. The number of aromatic nitrogens is 4. The molecular weight excluding hydrogens is 280 g/mol. The maximum atomic E-state index is 5.01. The zero-order valence-electron chi connectivity index (χ0n) is 12.4. The van der Waals surface area contributed by atoms with Gasteiger partial charge >= 0.3 is 0 Å². The Hall–Kier alpha value is -2.96. The highest BCUT2D eigenvalue weighted by Gasteiger charge is 2.06. The summed E-state index contributed by atoms with van der Waals surface area (Å²) in [5.74, 6) is 2.50. The Morgan fingerprint density at radius 2 is 2.00 bits per heavy atom. The molecule has 0 amide bonds. The van der Waals surface area contributed by atoms with Crippen molar-refractivity contribution in [2.75, 3.05) is 10.6 Å². The minimum absolute atomic E-state index is 0.469. The first-order chi connectivity index (χ1) is 10.7. The number of hydrogen-bond donors (Lipinski definition) is 2. The summed E-state index contributed by atoms with van der Waals surface area (Å²) in [6, 6.07) is 9.46. The average molecular weight is 296 g/mol. The lowest BCUT2D eigenvalue weighted by atomic mass is 10.3. The van der Waals surface area contributed by atoms with E-state index in [-0.39, 0.29) is 0 Å². The van der Waals surface area contributed by atoms with Crippen LogP contribution in [-0.4, -0.2) is 20.1 Å². The van der Waals surface area contributed by atoms with Gasteiger partial charge in [-0.2, -0.15) is 4.98 Å². The summed E-state index contributed by atoms with van der Waals surface area (Å²) < 4.78 is 5.01. The molecule has 7 nitrogen and oxygen atoms in total. The molecule has 22 heavy (non-hydrogen) atoms. The fraction of sp³-hybridized carbons (Fsp3) is 0.200. The summed E-state index contributed by atoms with van der Waals surface area (Å²) in [7, 11) is 0. The topological polar surface area (TPSA) is 88.8 Å². The Bertz CT molecular complexity index is 756. The zero-order valence-corrected chi connectivity index (χ0v) is 12.4. The van der Waals surface area contributed by atoms with Gasteiger partial charge in [-0.25, -0.2) is 4.98 Å². The first-order valence-corrected chi connectivity index (χ1v) is 6.89. The second-order valence-electron chi connectivity index (χ2n) is 4.84. The van der Waals surface area contributed by atoms with Crippen LogP contribution in [-0.2, 0) is 6.54 Å². The largest absolute Gasteiger partial charge is 0.364 e. The highest BCUT2D eigenvalue weighted by Crippen LogP contribution is 2.16. The lowest BCUT2D eigenvalue weighted by Crippen LogP contribution is -2.06. The van der Waals surface area contributed by atoms with Crippen LogP contribution in [0.15, 0.2) is 41.1 Å². The first-order valence-electron chi connectivity index (χ1n) is 6.89. The van der Waals surface area contributed by atoms with Crippen molar-refractivity contribution >= 4 is 17.6 Å². The van der Waals surface area contributed by atoms with Gasteiger partial charge in [0.2, 0.25) is 5.95 Å². The van der Waals surface area contributed by atoms with E-state index in [1.807, 2.05) is 38.1 Å². The average Bonchev–Trinajstić information content (AvgIpc) is 2.91. The highest BCUT2D eigenvalue weighted by atomic mass is 16.5. The van der Waals surface area contributed by atoms with Gasteiger partial charge in [0.25, 0.3) is 0 Å². The van der Waals surface area contributed by atoms with E-state index in [9.17, 15) is 0 Å². The molecule has 3 heterocycles. The Morgan fingerprint density at radius 1 is 1.09 bits per heavy atom. The predicted molar refractivity (Wildman–Crippen MR) is 82.9 cm³/mol. The summed E-state index contributed by atoms with van der Waals surface area (Å²) in [5.41, 5.74) is 1.79. The fourth-order valence-corrected chi connectivity index (χ4v) is 1.94. The molecule has 0 aliphatic heterocycles. The van der Waals surface area contributed by atoms with Crippen molar-refractivity contribution in [2.45, 2.75) is 20.4 Å². The number of aryl methyl sites for hydroxylation is 2. The number of anilines is 3. The standard InChI is InChI=1S/C15H16N6O/c1-10-7-13(17-9-12-5-3-4-6-16-12)19-15(18-10)20-14-8-11(2)22-21-14/h3-8H,9H2,1-2H3,(H2,17,18,19,20,21). The van der Waals surface area contributed by atoms with Crippen LogP contribution in [0.1, 0.15) is 17.1 Å². The second-order valence-corrected chi connectivity index (χ2v) is 4.84. The molecule has 0 atom stereocenters. The molecule has 0 saturated carbocycles. The van der Waals surface area contributed by atoms with Gasteiger partial charge < -0.3 is 15.2 Å². The van der Waals surface area contributed by atoms with E-state index in [4.69, 9.17) is 4.52 Å². The molecule has 7 heteroatoms. The Labute approximate surface area is 127 Å². The van der Waals surface area contributed by atoms with Gasteiger partial charge in [0, 0.05) is 24.0 Å². The van der Waals surface area contributed by atoms with Gasteiger partial charge in [-0.15, -0.1) is 0 Å². The summed E-state index contributed by atoms with van der Waals surface area (Å²) in [6.45, 7) is 4.34. The lowest BCUT2D eigenvalue weighted by molar-refractivity contribution is 0.400. The van der Waals surface area contributed by atoms with Crippen LogP contribution in [0.25, 0.3) is 0 Å². The highest BCUT2D eigenvalue weighted by molar-refractivity contribution is 5.51. The quantitative estimate of drug-likeness (QED) is 0.748. The normalized spacial score (nSPS) is 10.5. The third kappa shape index (κ3) is 3.57. The third-order valence-electron chi connectivity index (χ3n) is 2.90. The van der Waals surface area contributed by atoms with Crippen LogP contribution >= 0.6 is 0 Å². The van der Waals surface area contributed by atoms with Gasteiger partial charge in [0.05, 0.1) is 12.2 Å². The summed E-state index contributed by atoms with van der Waals surface area (Å²) in [4.78, 5) is 13.0. The maximum absolute atomic E-state index is 5.01. The predicted octanol–water partition coefficient (Wildman–Crippen LogP) is 2.83. The van der Waals surface area contributed by atoms with E-state index in [0.29, 0.717) is 18.3 Å². The van der Waals surface area contributed by atoms with E-state index in [0.717, 1.165) is 23.0 Å². The SMILES string of the molecule is Cc1cc(NCc2ccccn2)nc(Nc2cc(C)on2)n1. The lowest BCUT2D eigenvalue weighted by Gasteiger charge is -2.08. The van der Waals surface area contributed by atoms with Gasteiger partial charge in [-0.3, -0.25) is 4.98 Å². The van der Waals surface area contributed by atoms with Crippen molar-refractivity contribution in [1.82, 2.24) is 20.1 Å². The Kier molecular flexibility index (Phi) is 3.95. The molecule has 0 bridgehead atoms.